The predicted octanol–water partition coefficient (Wildman–Crippen LogP) is 3.26. The molecular formula is C21H22N6O3S2. The Morgan fingerprint density at radius 2 is 2.06 bits per heavy atom. The lowest BCUT2D eigenvalue weighted by Crippen LogP contribution is -2.33. The third kappa shape index (κ3) is 5.35. The lowest BCUT2D eigenvalue weighted by Gasteiger charge is -2.20. The van der Waals surface area contributed by atoms with Crippen LogP contribution in [-0.4, -0.2) is 48.1 Å². The van der Waals surface area contributed by atoms with Crippen LogP contribution >= 0.6 is 23.1 Å². The lowest BCUT2D eigenvalue weighted by atomic mass is 10.2. The Balaban J connectivity index is 1.40. The number of thiophene rings is 1. The fourth-order valence-electron chi connectivity index (χ4n) is 3.08. The number of benzene rings is 1. The molecule has 32 heavy (non-hydrogen) atoms. The summed E-state index contributed by atoms with van der Waals surface area (Å²) in [5.74, 6) is 0.899. The maximum absolute atomic E-state index is 12.9. The van der Waals surface area contributed by atoms with E-state index < -0.39 is 0 Å². The minimum Gasteiger partial charge on any atom is -0.418 e. The summed E-state index contributed by atoms with van der Waals surface area (Å²) in [4.78, 5) is 27.7. The van der Waals surface area contributed by atoms with Crippen LogP contribution in [0.3, 0.4) is 0 Å². The third-order valence-corrected chi connectivity index (χ3v) is 6.42. The first-order chi connectivity index (χ1) is 15.6. The van der Waals surface area contributed by atoms with Crippen LogP contribution in [0.25, 0.3) is 10.8 Å². The minimum atomic E-state index is -0.304. The Morgan fingerprint density at radius 1 is 1.22 bits per heavy atom. The quantitative estimate of drug-likeness (QED) is 0.354. The minimum absolute atomic E-state index is 0.0885. The second-order valence-electron chi connectivity index (χ2n) is 6.97. The van der Waals surface area contributed by atoms with Gasteiger partial charge in [-0.1, -0.05) is 55.1 Å². The van der Waals surface area contributed by atoms with Gasteiger partial charge in [-0.3, -0.25) is 9.36 Å². The van der Waals surface area contributed by atoms with E-state index >= 15 is 0 Å². The molecular weight excluding hydrogens is 448 g/mol. The summed E-state index contributed by atoms with van der Waals surface area (Å²) in [5, 5.41) is 17.1. The van der Waals surface area contributed by atoms with Crippen molar-refractivity contribution in [1.29, 1.82) is 0 Å². The van der Waals surface area contributed by atoms with Gasteiger partial charge in [-0.15, -0.1) is 26.6 Å². The van der Waals surface area contributed by atoms with Crippen molar-refractivity contribution in [2.45, 2.75) is 31.6 Å². The number of hydrogen-bond donors (Lipinski definition) is 1. The van der Waals surface area contributed by atoms with Crippen molar-refractivity contribution in [2.24, 2.45) is 0 Å². The van der Waals surface area contributed by atoms with Gasteiger partial charge in [-0.05, 0) is 23.4 Å². The van der Waals surface area contributed by atoms with Gasteiger partial charge >= 0.3 is 5.69 Å². The molecule has 0 saturated heterocycles. The average molecular weight is 471 g/mol. The van der Waals surface area contributed by atoms with Gasteiger partial charge in [0.2, 0.25) is 11.8 Å². The molecule has 0 aliphatic heterocycles. The number of carbonyl (C=O) groups excluding carboxylic acids is 1. The van der Waals surface area contributed by atoms with Gasteiger partial charge in [-0.2, -0.15) is 0 Å². The smallest absolute Gasteiger partial charge is 0.344 e. The van der Waals surface area contributed by atoms with Gasteiger partial charge in [0.25, 0.3) is 5.89 Å². The van der Waals surface area contributed by atoms with Crippen LogP contribution < -0.4 is 5.69 Å². The predicted molar refractivity (Wildman–Crippen MR) is 122 cm³/mol. The number of rotatable bonds is 10. The first kappa shape index (κ1) is 22.0. The molecule has 0 aliphatic rings. The molecule has 0 saturated carbocycles. The van der Waals surface area contributed by atoms with Crippen molar-refractivity contribution in [2.75, 3.05) is 12.3 Å². The first-order valence-corrected chi connectivity index (χ1v) is 12.0. The zero-order valence-electron chi connectivity index (χ0n) is 17.4. The lowest BCUT2D eigenvalue weighted by molar-refractivity contribution is -0.129. The molecule has 4 rings (SSSR count). The maximum atomic E-state index is 12.9. The summed E-state index contributed by atoms with van der Waals surface area (Å²) >= 11 is 2.74. The highest BCUT2D eigenvalue weighted by Crippen LogP contribution is 2.23. The van der Waals surface area contributed by atoms with Gasteiger partial charge < -0.3 is 9.32 Å². The van der Waals surface area contributed by atoms with E-state index in [9.17, 15) is 9.59 Å². The summed E-state index contributed by atoms with van der Waals surface area (Å²) in [6.45, 7) is 3.19. The van der Waals surface area contributed by atoms with Crippen LogP contribution in [0, 0.1) is 0 Å². The molecule has 0 unspecified atom stereocenters. The fourth-order valence-corrected chi connectivity index (χ4v) is 4.57. The molecule has 0 radical (unpaired) electrons. The van der Waals surface area contributed by atoms with E-state index in [4.69, 9.17) is 4.42 Å². The molecule has 1 amide bonds. The number of nitrogens with zero attached hydrogens (tertiary/aromatic N) is 5. The van der Waals surface area contributed by atoms with Crippen LogP contribution in [0.1, 0.15) is 24.8 Å². The van der Waals surface area contributed by atoms with Crippen molar-refractivity contribution >= 4 is 29.0 Å². The van der Waals surface area contributed by atoms with E-state index in [1.165, 1.54) is 27.7 Å². The number of aromatic nitrogens is 5. The van der Waals surface area contributed by atoms with Crippen LogP contribution in [0.15, 0.2) is 62.2 Å². The average Bonchev–Trinajstić information content (AvgIpc) is 3.55. The van der Waals surface area contributed by atoms with E-state index in [0.29, 0.717) is 30.0 Å². The molecule has 1 aromatic carbocycles. The van der Waals surface area contributed by atoms with E-state index in [-0.39, 0.29) is 23.9 Å². The summed E-state index contributed by atoms with van der Waals surface area (Å²) in [6, 6.07) is 13.5. The highest BCUT2D eigenvalue weighted by atomic mass is 32.2. The summed E-state index contributed by atoms with van der Waals surface area (Å²) in [5.41, 5.74) is 0.677. The largest absolute Gasteiger partial charge is 0.418 e. The number of hydrogen-bond acceptors (Lipinski definition) is 8. The number of aromatic amines is 1. The molecule has 0 spiro atoms. The molecule has 4 aromatic rings. The topological polar surface area (TPSA) is 110 Å². The van der Waals surface area contributed by atoms with Gasteiger partial charge in [0, 0.05) is 6.54 Å². The monoisotopic (exact) mass is 470 g/mol. The van der Waals surface area contributed by atoms with Crippen LogP contribution in [0.5, 0.6) is 0 Å². The molecule has 9 nitrogen and oxygen atoms in total. The highest BCUT2D eigenvalue weighted by Gasteiger charge is 2.19. The van der Waals surface area contributed by atoms with Crippen molar-refractivity contribution < 1.29 is 9.21 Å². The van der Waals surface area contributed by atoms with Crippen LogP contribution in [0.4, 0.5) is 0 Å². The summed E-state index contributed by atoms with van der Waals surface area (Å²) < 4.78 is 7.26. The Bertz CT molecular complexity index is 1200. The zero-order valence-corrected chi connectivity index (χ0v) is 19.1. The third-order valence-electron chi connectivity index (χ3n) is 4.60. The number of H-pyrrole nitrogens is 1. The van der Waals surface area contributed by atoms with Gasteiger partial charge in [-0.25, -0.2) is 9.89 Å². The van der Waals surface area contributed by atoms with Crippen molar-refractivity contribution in [3.63, 3.8) is 0 Å². The maximum Gasteiger partial charge on any atom is 0.344 e. The molecule has 0 atom stereocenters. The molecule has 11 heteroatoms. The second-order valence-corrected chi connectivity index (χ2v) is 8.86. The SMILES string of the molecule is CCCN(Cc1nnc(-c2cccs2)o1)C(=O)CSc1n[nH]c(=O)n1Cc1ccccc1. The number of carbonyl (C=O) groups is 1. The molecule has 166 valence electrons. The van der Waals surface area contributed by atoms with Gasteiger partial charge in [0.1, 0.15) is 0 Å². The second kappa shape index (κ2) is 10.4. The van der Waals surface area contributed by atoms with E-state index in [1.807, 2.05) is 54.8 Å². The van der Waals surface area contributed by atoms with Crippen molar-refractivity contribution in [3.8, 4) is 10.8 Å². The number of nitrogens with one attached hydrogen (secondary N) is 1. The van der Waals surface area contributed by atoms with Crippen LogP contribution in [0.2, 0.25) is 0 Å². The molecule has 0 bridgehead atoms. The normalized spacial score (nSPS) is 11.0. The Hall–Kier alpha value is -3.18. The molecule has 3 aromatic heterocycles. The van der Waals surface area contributed by atoms with Crippen LogP contribution in [-0.2, 0) is 17.9 Å². The Morgan fingerprint density at radius 3 is 2.81 bits per heavy atom. The number of amides is 1. The highest BCUT2D eigenvalue weighted by molar-refractivity contribution is 7.99. The van der Waals surface area contributed by atoms with E-state index in [2.05, 4.69) is 20.4 Å². The van der Waals surface area contributed by atoms with Crippen molar-refractivity contribution in [3.05, 3.63) is 69.8 Å². The fraction of sp³-hybridized carbons (Fsp3) is 0.286. The van der Waals surface area contributed by atoms with E-state index in [1.54, 1.807) is 4.90 Å². The zero-order chi connectivity index (χ0) is 22.3. The molecule has 1 N–H and O–H groups in total. The Labute approximate surface area is 192 Å². The Kier molecular flexibility index (Phi) is 7.17. The first-order valence-electron chi connectivity index (χ1n) is 10.1. The van der Waals surface area contributed by atoms with Crippen molar-refractivity contribution in [1.82, 2.24) is 29.9 Å². The van der Waals surface area contributed by atoms with Gasteiger partial charge in [0.15, 0.2) is 5.16 Å². The molecule has 0 aliphatic carbocycles. The molecule has 3 heterocycles. The van der Waals surface area contributed by atoms with Gasteiger partial charge in [0.05, 0.1) is 23.7 Å². The standard InChI is InChI=1S/C21H22N6O3S2/c1-2-10-26(13-17-22-23-19(30-17)16-9-6-11-31-16)18(28)14-32-21-25-24-20(29)27(21)12-15-7-4-3-5-8-15/h3-9,11H,2,10,12-14H2,1H3,(H,24,29). The summed E-state index contributed by atoms with van der Waals surface area (Å²) in [6.07, 6.45) is 0.795. The number of thioether (sulfide) groups is 1. The van der Waals surface area contributed by atoms with E-state index in [0.717, 1.165) is 16.9 Å². The summed E-state index contributed by atoms with van der Waals surface area (Å²) in [7, 11) is 0. The molecule has 0 fully saturated rings.